The summed E-state index contributed by atoms with van der Waals surface area (Å²) < 4.78 is 1.87. The van der Waals surface area contributed by atoms with Crippen molar-refractivity contribution >= 4 is 10.9 Å². The highest BCUT2D eigenvalue weighted by molar-refractivity contribution is 5.79. The van der Waals surface area contributed by atoms with Gasteiger partial charge in [-0.15, -0.1) is 0 Å². The molecular weight excluding hydrogens is 262 g/mol. The van der Waals surface area contributed by atoms with Gasteiger partial charge in [0.25, 0.3) is 0 Å². The van der Waals surface area contributed by atoms with Crippen LogP contribution in [0.2, 0.25) is 0 Å². The molecule has 0 aliphatic carbocycles. The van der Waals surface area contributed by atoms with E-state index in [1.165, 1.54) is 0 Å². The van der Waals surface area contributed by atoms with Crippen LogP contribution in [0.15, 0.2) is 42.6 Å². The second kappa shape index (κ2) is 5.66. The third-order valence-electron chi connectivity index (χ3n) is 3.75. The zero-order valence-corrected chi connectivity index (χ0v) is 12.3. The Morgan fingerprint density at radius 3 is 2.81 bits per heavy atom. The van der Waals surface area contributed by atoms with Crippen molar-refractivity contribution in [1.82, 2.24) is 14.8 Å². The Hall–Kier alpha value is -2.20. The molecule has 21 heavy (non-hydrogen) atoms. The molecule has 1 unspecified atom stereocenters. The molecule has 0 spiro atoms. The zero-order chi connectivity index (χ0) is 14.8. The summed E-state index contributed by atoms with van der Waals surface area (Å²) in [5.74, 6) is 0. The van der Waals surface area contributed by atoms with Crippen molar-refractivity contribution in [3.05, 3.63) is 59.5 Å². The maximum Gasteiger partial charge on any atom is 0.121 e. The fraction of sp³-hybridized carbons (Fsp3) is 0.294. The number of aromatic nitrogens is 3. The Morgan fingerprint density at radius 2 is 2.05 bits per heavy atom. The van der Waals surface area contributed by atoms with E-state index in [0.717, 1.165) is 40.8 Å². The number of hydrogen-bond donors (Lipinski definition) is 1. The molecule has 0 bridgehead atoms. The van der Waals surface area contributed by atoms with Gasteiger partial charge in [-0.1, -0.05) is 25.1 Å². The summed E-state index contributed by atoms with van der Waals surface area (Å²) >= 11 is 0. The molecule has 0 radical (unpaired) electrons. The molecule has 2 heterocycles. The van der Waals surface area contributed by atoms with E-state index in [0.29, 0.717) is 0 Å². The van der Waals surface area contributed by atoms with Gasteiger partial charge in [0.05, 0.1) is 16.9 Å². The van der Waals surface area contributed by atoms with E-state index in [1.54, 1.807) is 6.20 Å². The predicted molar refractivity (Wildman–Crippen MR) is 83.1 cm³/mol. The average Bonchev–Trinajstić information content (AvgIpc) is 2.97. The van der Waals surface area contributed by atoms with Crippen LogP contribution in [0, 0.1) is 0 Å². The maximum absolute atomic E-state index is 10.7. The molecule has 2 aromatic heterocycles. The van der Waals surface area contributed by atoms with Crippen LogP contribution in [-0.4, -0.2) is 19.9 Å². The highest BCUT2D eigenvalue weighted by atomic mass is 16.3. The highest BCUT2D eigenvalue weighted by Gasteiger charge is 2.17. The standard InChI is InChI=1S/C17H19N3O/c1-3-14-11-16(20(4-2)19-14)17(21)13-8-7-12-6-5-9-18-15(12)10-13/h5-11,17,21H,3-4H2,1-2H3. The molecule has 4 heteroatoms. The first-order chi connectivity index (χ1) is 10.2. The summed E-state index contributed by atoms with van der Waals surface area (Å²) in [6.45, 7) is 4.85. The van der Waals surface area contributed by atoms with Crippen LogP contribution in [0.1, 0.15) is 36.9 Å². The van der Waals surface area contributed by atoms with Gasteiger partial charge in [0.2, 0.25) is 0 Å². The van der Waals surface area contributed by atoms with Crippen molar-refractivity contribution in [3.63, 3.8) is 0 Å². The molecule has 0 saturated heterocycles. The number of rotatable bonds is 4. The number of aliphatic hydroxyl groups is 1. The molecule has 0 aliphatic rings. The van der Waals surface area contributed by atoms with E-state index in [9.17, 15) is 5.11 Å². The van der Waals surface area contributed by atoms with Gasteiger partial charge in [0.1, 0.15) is 6.10 Å². The third kappa shape index (κ3) is 2.54. The number of aliphatic hydroxyl groups excluding tert-OH is 1. The van der Waals surface area contributed by atoms with E-state index in [1.807, 2.05) is 48.0 Å². The molecular formula is C17H19N3O. The largest absolute Gasteiger partial charge is 0.382 e. The minimum atomic E-state index is -0.677. The van der Waals surface area contributed by atoms with Crippen LogP contribution in [0.5, 0.6) is 0 Å². The van der Waals surface area contributed by atoms with Gasteiger partial charge in [-0.2, -0.15) is 5.10 Å². The van der Waals surface area contributed by atoms with E-state index in [-0.39, 0.29) is 0 Å². The van der Waals surface area contributed by atoms with Crippen LogP contribution in [-0.2, 0) is 13.0 Å². The summed E-state index contributed by atoms with van der Waals surface area (Å²) in [7, 11) is 0. The van der Waals surface area contributed by atoms with Crippen molar-refractivity contribution in [2.45, 2.75) is 32.9 Å². The average molecular weight is 281 g/mol. The minimum Gasteiger partial charge on any atom is -0.382 e. The van der Waals surface area contributed by atoms with Crippen LogP contribution < -0.4 is 0 Å². The van der Waals surface area contributed by atoms with E-state index in [4.69, 9.17) is 0 Å². The lowest BCUT2D eigenvalue weighted by atomic mass is 10.0. The van der Waals surface area contributed by atoms with Gasteiger partial charge in [0, 0.05) is 18.1 Å². The van der Waals surface area contributed by atoms with Crippen molar-refractivity contribution < 1.29 is 5.11 Å². The SMILES string of the molecule is CCc1cc(C(O)c2ccc3cccnc3c2)n(CC)n1. The van der Waals surface area contributed by atoms with Crippen molar-refractivity contribution in [3.8, 4) is 0 Å². The van der Waals surface area contributed by atoms with Gasteiger partial charge in [0.15, 0.2) is 0 Å². The summed E-state index contributed by atoms with van der Waals surface area (Å²) in [6, 6.07) is 11.8. The zero-order valence-electron chi connectivity index (χ0n) is 12.3. The van der Waals surface area contributed by atoms with Crippen LogP contribution in [0.25, 0.3) is 10.9 Å². The summed E-state index contributed by atoms with van der Waals surface area (Å²) in [4.78, 5) is 4.35. The van der Waals surface area contributed by atoms with Crippen LogP contribution >= 0.6 is 0 Å². The van der Waals surface area contributed by atoms with Crippen molar-refractivity contribution in [2.24, 2.45) is 0 Å². The molecule has 3 aromatic rings. The molecule has 1 N–H and O–H groups in total. The summed E-state index contributed by atoms with van der Waals surface area (Å²) in [5.41, 5.74) is 3.58. The first-order valence-corrected chi connectivity index (χ1v) is 7.32. The second-order valence-electron chi connectivity index (χ2n) is 5.09. The van der Waals surface area contributed by atoms with Gasteiger partial charge in [-0.3, -0.25) is 9.67 Å². The number of fused-ring (bicyclic) bond motifs is 1. The van der Waals surface area contributed by atoms with Gasteiger partial charge < -0.3 is 5.11 Å². The highest BCUT2D eigenvalue weighted by Crippen LogP contribution is 2.25. The monoisotopic (exact) mass is 281 g/mol. The smallest absolute Gasteiger partial charge is 0.121 e. The Bertz CT molecular complexity index is 764. The van der Waals surface area contributed by atoms with Crippen LogP contribution in [0.4, 0.5) is 0 Å². The Labute approximate surface area is 124 Å². The van der Waals surface area contributed by atoms with Gasteiger partial charge in [-0.05, 0) is 37.1 Å². The number of nitrogens with zero attached hydrogens (tertiary/aromatic N) is 3. The fourth-order valence-corrected chi connectivity index (χ4v) is 2.56. The first kappa shape index (κ1) is 13.8. The third-order valence-corrected chi connectivity index (χ3v) is 3.75. The summed E-state index contributed by atoms with van der Waals surface area (Å²) in [5, 5.41) is 16.3. The molecule has 0 amide bonds. The Kier molecular flexibility index (Phi) is 3.71. The number of hydrogen-bond acceptors (Lipinski definition) is 3. The summed E-state index contributed by atoms with van der Waals surface area (Å²) in [6.07, 6.45) is 1.96. The molecule has 108 valence electrons. The Morgan fingerprint density at radius 1 is 1.19 bits per heavy atom. The second-order valence-corrected chi connectivity index (χ2v) is 5.09. The van der Waals surface area contributed by atoms with Gasteiger partial charge >= 0.3 is 0 Å². The Balaban J connectivity index is 2.03. The van der Waals surface area contributed by atoms with Crippen LogP contribution in [0.3, 0.4) is 0 Å². The number of aryl methyl sites for hydroxylation is 2. The lowest BCUT2D eigenvalue weighted by Gasteiger charge is -2.13. The molecule has 0 saturated carbocycles. The quantitative estimate of drug-likeness (QED) is 0.799. The fourth-order valence-electron chi connectivity index (χ4n) is 2.56. The van der Waals surface area contributed by atoms with Crippen molar-refractivity contribution in [2.75, 3.05) is 0 Å². The lowest BCUT2D eigenvalue weighted by molar-refractivity contribution is 0.208. The normalized spacial score (nSPS) is 12.7. The van der Waals surface area contributed by atoms with E-state index >= 15 is 0 Å². The van der Waals surface area contributed by atoms with E-state index in [2.05, 4.69) is 17.0 Å². The maximum atomic E-state index is 10.7. The topological polar surface area (TPSA) is 50.9 Å². The number of pyridine rings is 1. The lowest BCUT2D eigenvalue weighted by Crippen LogP contribution is -2.09. The molecule has 3 rings (SSSR count). The molecule has 4 nitrogen and oxygen atoms in total. The van der Waals surface area contributed by atoms with Crippen molar-refractivity contribution in [1.29, 1.82) is 0 Å². The number of benzene rings is 1. The molecule has 1 aromatic carbocycles. The van der Waals surface area contributed by atoms with Gasteiger partial charge in [-0.25, -0.2) is 0 Å². The minimum absolute atomic E-state index is 0.677. The first-order valence-electron chi connectivity index (χ1n) is 7.32. The molecule has 1 atom stereocenters. The predicted octanol–water partition coefficient (Wildman–Crippen LogP) is 3.10. The van der Waals surface area contributed by atoms with E-state index < -0.39 is 6.10 Å². The molecule has 0 aliphatic heterocycles. The molecule has 0 fully saturated rings.